The first-order valence-corrected chi connectivity index (χ1v) is 10.8. The van der Waals surface area contributed by atoms with Crippen molar-refractivity contribution in [3.63, 3.8) is 0 Å². The molecule has 0 aliphatic carbocycles. The highest BCUT2D eigenvalue weighted by molar-refractivity contribution is 7.93. The van der Waals surface area contributed by atoms with Crippen LogP contribution in [0.25, 0.3) is 10.8 Å². The van der Waals surface area contributed by atoms with Crippen molar-refractivity contribution in [1.29, 1.82) is 0 Å². The van der Waals surface area contributed by atoms with Crippen molar-refractivity contribution in [2.24, 2.45) is 0 Å². The Bertz CT molecular complexity index is 1150. The average Bonchev–Trinajstić information content (AvgIpc) is 2.90. The van der Waals surface area contributed by atoms with E-state index in [-0.39, 0.29) is 23.4 Å². The number of carbonyl (C=O) groups is 1. The predicted molar refractivity (Wildman–Crippen MR) is 111 cm³/mol. The van der Waals surface area contributed by atoms with E-state index in [9.17, 15) is 13.2 Å². The highest BCUT2D eigenvalue weighted by Gasteiger charge is 2.36. The Kier molecular flexibility index (Phi) is 4.77. The summed E-state index contributed by atoms with van der Waals surface area (Å²) >= 11 is 5.93. The summed E-state index contributed by atoms with van der Waals surface area (Å²) in [6, 6.07) is 17.6. The number of nitrogens with one attached hydrogen (secondary N) is 1. The van der Waals surface area contributed by atoms with Gasteiger partial charge in [0.2, 0.25) is 5.91 Å². The first-order valence-electron chi connectivity index (χ1n) is 9.01. The molecule has 0 saturated heterocycles. The van der Waals surface area contributed by atoms with Gasteiger partial charge in [-0.2, -0.15) is 0 Å². The van der Waals surface area contributed by atoms with E-state index in [0.29, 0.717) is 22.5 Å². The molecule has 1 aliphatic heterocycles. The van der Waals surface area contributed by atoms with Gasteiger partial charge in [0, 0.05) is 10.4 Å². The van der Waals surface area contributed by atoms with Crippen molar-refractivity contribution in [2.75, 3.05) is 10.8 Å². The SMILES string of the molecule is CCC(NC(=O)CN1c2cccc3cccc(c23)S1(=O)=O)c1ccc(Cl)cc1. The highest BCUT2D eigenvalue weighted by Crippen LogP contribution is 2.41. The molecule has 1 atom stereocenters. The molecule has 1 aliphatic rings. The van der Waals surface area contributed by atoms with Crippen molar-refractivity contribution >= 4 is 44.0 Å². The summed E-state index contributed by atoms with van der Waals surface area (Å²) in [5, 5.41) is 5.07. The number of amides is 1. The van der Waals surface area contributed by atoms with Gasteiger partial charge in [0.25, 0.3) is 10.0 Å². The van der Waals surface area contributed by atoms with E-state index in [2.05, 4.69) is 5.32 Å². The van der Waals surface area contributed by atoms with Crippen LogP contribution in [0.4, 0.5) is 5.69 Å². The summed E-state index contributed by atoms with van der Waals surface area (Å²) in [6.45, 7) is 1.70. The van der Waals surface area contributed by atoms with Crippen LogP contribution in [0, 0.1) is 0 Å². The van der Waals surface area contributed by atoms with Crippen molar-refractivity contribution in [1.82, 2.24) is 5.32 Å². The maximum absolute atomic E-state index is 13.0. The number of nitrogens with zero attached hydrogens (tertiary/aromatic N) is 1. The van der Waals surface area contributed by atoms with Gasteiger partial charge < -0.3 is 5.32 Å². The molecule has 1 heterocycles. The Balaban J connectivity index is 1.60. The minimum absolute atomic E-state index is 0.215. The molecule has 5 nitrogen and oxygen atoms in total. The van der Waals surface area contributed by atoms with Crippen LogP contribution in [0.15, 0.2) is 65.6 Å². The number of anilines is 1. The highest BCUT2D eigenvalue weighted by atomic mass is 35.5. The lowest BCUT2D eigenvalue weighted by Crippen LogP contribution is -2.40. The van der Waals surface area contributed by atoms with E-state index < -0.39 is 10.0 Å². The molecule has 0 spiro atoms. The minimum Gasteiger partial charge on any atom is -0.348 e. The molecule has 4 rings (SSSR count). The first kappa shape index (κ1) is 18.8. The lowest BCUT2D eigenvalue weighted by atomic mass is 10.0. The largest absolute Gasteiger partial charge is 0.348 e. The normalized spacial score (nSPS) is 15.6. The van der Waals surface area contributed by atoms with Crippen molar-refractivity contribution in [2.45, 2.75) is 24.3 Å². The second-order valence-corrected chi connectivity index (χ2v) is 8.99. The van der Waals surface area contributed by atoms with Crippen LogP contribution in [-0.2, 0) is 14.8 Å². The fourth-order valence-electron chi connectivity index (χ4n) is 3.62. The first-order chi connectivity index (χ1) is 13.4. The molecule has 144 valence electrons. The molecular formula is C21H19ClN2O3S. The monoisotopic (exact) mass is 414 g/mol. The lowest BCUT2D eigenvalue weighted by Gasteiger charge is -2.22. The predicted octanol–water partition coefficient (Wildman–Crippen LogP) is 4.27. The van der Waals surface area contributed by atoms with Gasteiger partial charge in [0.15, 0.2) is 0 Å². The van der Waals surface area contributed by atoms with Crippen LogP contribution in [0.5, 0.6) is 0 Å². The van der Waals surface area contributed by atoms with Gasteiger partial charge in [0.05, 0.1) is 16.6 Å². The molecule has 1 amide bonds. The third-order valence-electron chi connectivity index (χ3n) is 4.98. The fraction of sp³-hybridized carbons (Fsp3) is 0.190. The summed E-state index contributed by atoms with van der Waals surface area (Å²) in [6.07, 6.45) is 0.677. The van der Waals surface area contributed by atoms with Gasteiger partial charge in [-0.05, 0) is 41.6 Å². The lowest BCUT2D eigenvalue weighted by molar-refractivity contribution is -0.120. The molecule has 0 aromatic heterocycles. The Morgan fingerprint density at radius 2 is 1.75 bits per heavy atom. The smallest absolute Gasteiger partial charge is 0.265 e. The zero-order valence-corrected chi connectivity index (χ0v) is 16.8. The zero-order valence-electron chi connectivity index (χ0n) is 15.2. The summed E-state index contributed by atoms with van der Waals surface area (Å²) < 4.78 is 27.2. The number of sulfonamides is 1. The van der Waals surface area contributed by atoms with Gasteiger partial charge in [-0.15, -0.1) is 0 Å². The number of carbonyl (C=O) groups excluding carboxylic acids is 1. The molecule has 1 N–H and O–H groups in total. The van der Waals surface area contributed by atoms with Crippen LogP contribution in [0.2, 0.25) is 5.02 Å². The Labute approximate surface area is 169 Å². The molecular weight excluding hydrogens is 396 g/mol. The van der Waals surface area contributed by atoms with Crippen LogP contribution < -0.4 is 9.62 Å². The average molecular weight is 415 g/mol. The quantitative estimate of drug-likeness (QED) is 0.678. The second kappa shape index (κ2) is 7.11. The van der Waals surface area contributed by atoms with Crippen LogP contribution >= 0.6 is 11.6 Å². The molecule has 7 heteroatoms. The third-order valence-corrected chi connectivity index (χ3v) is 7.04. The van der Waals surface area contributed by atoms with Gasteiger partial charge in [-0.3, -0.25) is 9.10 Å². The van der Waals surface area contributed by atoms with Crippen molar-refractivity contribution < 1.29 is 13.2 Å². The van der Waals surface area contributed by atoms with E-state index in [1.807, 2.05) is 31.2 Å². The summed E-state index contributed by atoms with van der Waals surface area (Å²) in [4.78, 5) is 13.0. The van der Waals surface area contributed by atoms with Crippen molar-refractivity contribution in [3.05, 3.63) is 71.2 Å². The number of halogens is 1. The fourth-order valence-corrected chi connectivity index (χ4v) is 5.41. The van der Waals surface area contributed by atoms with E-state index in [1.165, 1.54) is 4.31 Å². The van der Waals surface area contributed by atoms with E-state index in [4.69, 9.17) is 11.6 Å². The van der Waals surface area contributed by atoms with Crippen molar-refractivity contribution in [3.8, 4) is 0 Å². The molecule has 3 aromatic carbocycles. The van der Waals surface area contributed by atoms with Gasteiger partial charge in [-0.25, -0.2) is 8.42 Å². The maximum atomic E-state index is 13.0. The Morgan fingerprint density at radius 1 is 1.07 bits per heavy atom. The van der Waals surface area contributed by atoms with Gasteiger partial charge in [-0.1, -0.05) is 54.9 Å². The number of hydrogen-bond acceptors (Lipinski definition) is 3. The zero-order chi connectivity index (χ0) is 19.9. The van der Waals surface area contributed by atoms with Crippen LogP contribution in [0.3, 0.4) is 0 Å². The van der Waals surface area contributed by atoms with Gasteiger partial charge in [0.1, 0.15) is 6.54 Å². The molecule has 0 saturated carbocycles. The number of rotatable bonds is 5. The summed E-state index contributed by atoms with van der Waals surface area (Å²) in [7, 11) is -3.75. The Hall–Kier alpha value is -2.57. The second-order valence-electron chi connectivity index (χ2n) is 6.72. The molecule has 0 fully saturated rings. The topological polar surface area (TPSA) is 66.5 Å². The minimum atomic E-state index is -3.75. The van der Waals surface area contributed by atoms with Crippen LogP contribution in [-0.4, -0.2) is 20.9 Å². The van der Waals surface area contributed by atoms with E-state index >= 15 is 0 Å². The maximum Gasteiger partial charge on any atom is 0.265 e. The molecule has 3 aromatic rings. The molecule has 1 unspecified atom stereocenters. The van der Waals surface area contributed by atoms with Crippen LogP contribution in [0.1, 0.15) is 24.9 Å². The summed E-state index contributed by atoms with van der Waals surface area (Å²) in [5.41, 5.74) is 1.47. The standard InChI is InChI=1S/C21H19ClN2O3S/c1-2-17(14-9-11-16(22)12-10-14)23-20(25)13-24-18-7-3-5-15-6-4-8-19(21(15)18)28(24,26)27/h3-12,17H,2,13H2,1H3,(H,23,25). The Morgan fingerprint density at radius 3 is 2.43 bits per heavy atom. The molecule has 0 radical (unpaired) electrons. The summed E-state index contributed by atoms with van der Waals surface area (Å²) in [5.74, 6) is -0.352. The number of benzene rings is 3. The third kappa shape index (κ3) is 3.12. The number of hydrogen-bond donors (Lipinski definition) is 1. The van der Waals surface area contributed by atoms with Gasteiger partial charge >= 0.3 is 0 Å². The molecule has 0 bridgehead atoms. The van der Waals surface area contributed by atoms with E-state index in [0.717, 1.165) is 10.9 Å². The molecule has 28 heavy (non-hydrogen) atoms. The van der Waals surface area contributed by atoms with E-state index in [1.54, 1.807) is 36.4 Å².